The minimum absolute atomic E-state index is 0.0212. The number of nitrogens with zero attached hydrogens (tertiary/aromatic N) is 4. The van der Waals surface area contributed by atoms with Crippen LogP contribution in [0.1, 0.15) is 19.0 Å². The van der Waals surface area contributed by atoms with E-state index in [1.165, 1.54) is 26.1 Å². The zero-order valence-corrected chi connectivity index (χ0v) is 9.13. The van der Waals surface area contributed by atoms with E-state index < -0.39 is 0 Å². The Hall–Kier alpha value is -0.940. The molecule has 0 unspecified atom stereocenters. The lowest BCUT2D eigenvalue weighted by Crippen LogP contribution is -2.48. The van der Waals surface area contributed by atoms with Crippen LogP contribution in [0.2, 0.25) is 0 Å². The molecule has 0 spiro atoms. The Bertz CT molecular complexity index is 306. The summed E-state index contributed by atoms with van der Waals surface area (Å²) in [5, 5.41) is 16.7. The lowest BCUT2D eigenvalue weighted by Gasteiger charge is -2.38. The van der Waals surface area contributed by atoms with Crippen molar-refractivity contribution < 1.29 is 5.11 Å². The molecule has 0 aliphatic carbocycles. The van der Waals surface area contributed by atoms with Crippen LogP contribution in [0, 0.1) is 5.92 Å². The highest BCUT2D eigenvalue weighted by Crippen LogP contribution is 2.17. The van der Waals surface area contributed by atoms with Crippen molar-refractivity contribution in [3.05, 3.63) is 11.9 Å². The molecule has 0 aromatic carbocycles. The number of hydrogen-bond acceptors (Lipinski definition) is 4. The summed E-state index contributed by atoms with van der Waals surface area (Å²) >= 11 is 0. The Morgan fingerprint density at radius 2 is 2.33 bits per heavy atom. The van der Waals surface area contributed by atoms with Crippen molar-refractivity contribution in [3.8, 4) is 0 Å². The maximum atomic E-state index is 8.84. The van der Waals surface area contributed by atoms with Gasteiger partial charge in [0.1, 0.15) is 5.69 Å². The molecule has 2 heterocycles. The maximum Gasteiger partial charge on any atom is 0.108 e. The van der Waals surface area contributed by atoms with Gasteiger partial charge in [-0.3, -0.25) is 4.68 Å². The van der Waals surface area contributed by atoms with E-state index >= 15 is 0 Å². The standard InChI is InChI=1S/C10H18N4O/c1-2-3-13-4-9(5-13)6-14-7-10(8-15)11-12-14/h7,9,15H,2-6,8H2,1H3. The second kappa shape index (κ2) is 4.72. The topological polar surface area (TPSA) is 54.2 Å². The SMILES string of the molecule is CCCN1CC(Cn2cc(CO)nn2)C1. The van der Waals surface area contributed by atoms with Gasteiger partial charge in [0.15, 0.2) is 0 Å². The molecule has 1 aliphatic rings. The molecule has 2 rings (SSSR count). The maximum absolute atomic E-state index is 8.84. The Labute approximate surface area is 89.7 Å². The third-order valence-electron chi connectivity index (χ3n) is 2.77. The fraction of sp³-hybridized carbons (Fsp3) is 0.800. The van der Waals surface area contributed by atoms with Crippen LogP contribution in [0.25, 0.3) is 0 Å². The molecule has 1 N–H and O–H groups in total. The van der Waals surface area contributed by atoms with E-state index in [0.29, 0.717) is 11.6 Å². The van der Waals surface area contributed by atoms with Crippen LogP contribution in [0.5, 0.6) is 0 Å². The average molecular weight is 210 g/mol. The van der Waals surface area contributed by atoms with E-state index in [1.54, 1.807) is 0 Å². The molecule has 5 heteroatoms. The number of aromatic nitrogens is 3. The van der Waals surface area contributed by atoms with Gasteiger partial charge in [0.25, 0.3) is 0 Å². The number of aliphatic hydroxyl groups is 1. The van der Waals surface area contributed by atoms with Gasteiger partial charge in [-0.25, -0.2) is 0 Å². The zero-order valence-electron chi connectivity index (χ0n) is 9.13. The molecule has 1 saturated heterocycles. The minimum Gasteiger partial charge on any atom is -0.390 e. The Morgan fingerprint density at radius 1 is 1.53 bits per heavy atom. The van der Waals surface area contributed by atoms with Crippen LogP contribution in [-0.4, -0.2) is 44.6 Å². The van der Waals surface area contributed by atoms with E-state index in [2.05, 4.69) is 22.1 Å². The molecule has 84 valence electrons. The van der Waals surface area contributed by atoms with Crippen LogP contribution in [0.4, 0.5) is 0 Å². The van der Waals surface area contributed by atoms with Crippen molar-refractivity contribution in [3.63, 3.8) is 0 Å². The van der Waals surface area contributed by atoms with Crippen molar-refractivity contribution >= 4 is 0 Å². The van der Waals surface area contributed by atoms with E-state index in [4.69, 9.17) is 5.11 Å². The monoisotopic (exact) mass is 210 g/mol. The van der Waals surface area contributed by atoms with Gasteiger partial charge >= 0.3 is 0 Å². The quantitative estimate of drug-likeness (QED) is 0.749. The predicted molar refractivity (Wildman–Crippen MR) is 56.2 cm³/mol. The van der Waals surface area contributed by atoms with Gasteiger partial charge < -0.3 is 10.0 Å². The van der Waals surface area contributed by atoms with E-state index in [0.717, 1.165) is 6.54 Å². The number of rotatable bonds is 5. The van der Waals surface area contributed by atoms with Crippen molar-refractivity contribution in [2.75, 3.05) is 19.6 Å². The van der Waals surface area contributed by atoms with Crippen LogP contribution in [0.15, 0.2) is 6.20 Å². The fourth-order valence-electron chi connectivity index (χ4n) is 2.06. The summed E-state index contributed by atoms with van der Waals surface area (Å²) < 4.78 is 1.83. The van der Waals surface area contributed by atoms with Crippen molar-refractivity contribution in [2.45, 2.75) is 26.5 Å². The third-order valence-corrected chi connectivity index (χ3v) is 2.77. The van der Waals surface area contributed by atoms with Crippen LogP contribution < -0.4 is 0 Å². The summed E-state index contributed by atoms with van der Waals surface area (Å²) in [5.41, 5.74) is 0.653. The van der Waals surface area contributed by atoms with Gasteiger partial charge in [-0.05, 0) is 13.0 Å². The second-order valence-corrected chi connectivity index (χ2v) is 4.22. The highest BCUT2D eigenvalue weighted by molar-refractivity contribution is 4.90. The van der Waals surface area contributed by atoms with Gasteiger partial charge in [-0.15, -0.1) is 5.10 Å². The van der Waals surface area contributed by atoms with E-state index in [9.17, 15) is 0 Å². The molecule has 15 heavy (non-hydrogen) atoms. The minimum atomic E-state index is -0.0212. The van der Waals surface area contributed by atoms with Crippen molar-refractivity contribution in [2.24, 2.45) is 5.92 Å². The Balaban J connectivity index is 1.75. The van der Waals surface area contributed by atoms with E-state index in [-0.39, 0.29) is 6.61 Å². The molecule has 1 aromatic rings. The van der Waals surface area contributed by atoms with Crippen molar-refractivity contribution in [1.29, 1.82) is 0 Å². The highest BCUT2D eigenvalue weighted by atomic mass is 16.3. The molecular formula is C10H18N4O. The van der Waals surface area contributed by atoms with E-state index in [1.807, 2.05) is 10.9 Å². The molecule has 0 radical (unpaired) electrons. The van der Waals surface area contributed by atoms with Crippen LogP contribution in [-0.2, 0) is 13.2 Å². The smallest absolute Gasteiger partial charge is 0.108 e. The summed E-state index contributed by atoms with van der Waals surface area (Å²) in [4.78, 5) is 2.45. The summed E-state index contributed by atoms with van der Waals surface area (Å²) in [7, 11) is 0. The number of aliphatic hydroxyl groups excluding tert-OH is 1. The molecular weight excluding hydrogens is 192 g/mol. The summed E-state index contributed by atoms with van der Waals surface area (Å²) in [6.07, 6.45) is 3.05. The lowest BCUT2D eigenvalue weighted by molar-refractivity contribution is 0.0852. The van der Waals surface area contributed by atoms with Gasteiger partial charge in [0, 0.05) is 25.6 Å². The normalized spacial score (nSPS) is 18.0. The molecule has 0 bridgehead atoms. The zero-order chi connectivity index (χ0) is 10.7. The first-order valence-corrected chi connectivity index (χ1v) is 5.54. The largest absolute Gasteiger partial charge is 0.390 e. The summed E-state index contributed by atoms with van der Waals surface area (Å²) in [6.45, 7) is 6.65. The Morgan fingerprint density at radius 3 is 2.93 bits per heavy atom. The molecule has 1 fully saturated rings. The van der Waals surface area contributed by atoms with Gasteiger partial charge in [0.05, 0.1) is 12.8 Å². The van der Waals surface area contributed by atoms with Gasteiger partial charge in [-0.2, -0.15) is 0 Å². The van der Waals surface area contributed by atoms with Crippen LogP contribution in [0.3, 0.4) is 0 Å². The first-order valence-electron chi connectivity index (χ1n) is 5.54. The molecule has 0 saturated carbocycles. The molecule has 1 aromatic heterocycles. The molecule has 5 nitrogen and oxygen atoms in total. The third kappa shape index (κ3) is 2.54. The number of likely N-dealkylation sites (tertiary alicyclic amines) is 1. The number of hydrogen-bond donors (Lipinski definition) is 1. The first kappa shape index (κ1) is 10.6. The van der Waals surface area contributed by atoms with Crippen LogP contribution >= 0.6 is 0 Å². The highest BCUT2D eigenvalue weighted by Gasteiger charge is 2.26. The summed E-state index contributed by atoms with van der Waals surface area (Å²) in [6, 6.07) is 0. The molecule has 0 amide bonds. The fourth-order valence-corrected chi connectivity index (χ4v) is 2.06. The van der Waals surface area contributed by atoms with Gasteiger partial charge in [-0.1, -0.05) is 12.1 Å². The molecule has 0 atom stereocenters. The predicted octanol–water partition coefficient (Wildman–Crippen LogP) is 0.112. The average Bonchev–Trinajstić information content (AvgIpc) is 2.62. The lowest BCUT2D eigenvalue weighted by atomic mass is 10.0. The van der Waals surface area contributed by atoms with Gasteiger partial charge in [0.2, 0.25) is 0 Å². The first-order chi connectivity index (χ1) is 7.31. The molecule has 1 aliphatic heterocycles. The Kier molecular flexibility index (Phi) is 3.33. The van der Waals surface area contributed by atoms with Crippen molar-refractivity contribution in [1.82, 2.24) is 19.9 Å². The summed E-state index contributed by atoms with van der Waals surface area (Å²) in [5.74, 6) is 0.699. The second-order valence-electron chi connectivity index (χ2n) is 4.22.